The number of carbonyl (C=O) groups excluding carboxylic acids is 2. The molecule has 0 saturated carbocycles. The standard InChI is InChI=1S/C17H17ClN8O2/c18-14-1-3-15(4-2-14)26-10-13(9-20-26)17(28)24-7-5-23(6-8-24)16(27)11-25-12-19-21-22-25/h1-4,9-10,12H,5-8,11H2. The van der Waals surface area contributed by atoms with Crippen molar-refractivity contribution < 1.29 is 9.59 Å². The van der Waals surface area contributed by atoms with E-state index in [0.29, 0.717) is 36.8 Å². The lowest BCUT2D eigenvalue weighted by atomic mass is 10.2. The van der Waals surface area contributed by atoms with Crippen molar-refractivity contribution in [1.29, 1.82) is 0 Å². The molecular formula is C17H17ClN8O2. The lowest BCUT2D eigenvalue weighted by Crippen LogP contribution is -2.51. The van der Waals surface area contributed by atoms with Gasteiger partial charge in [0, 0.05) is 37.4 Å². The van der Waals surface area contributed by atoms with Crippen molar-refractivity contribution in [2.24, 2.45) is 0 Å². The molecule has 1 aliphatic heterocycles. The smallest absolute Gasteiger partial charge is 0.257 e. The number of amides is 2. The highest BCUT2D eigenvalue weighted by Crippen LogP contribution is 2.15. The monoisotopic (exact) mass is 400 g/mol. The number of tetrazole rings is 1. The van der Waals surface area contributed by atoms with Gasteiger partial charge in [-0.25, -0.2) is 9.36 Å². The van der Waals surface area contributed by atoms with Crippen molar-refractivity contribution in [1.82, 2.24) is 39.8 Å². The number of hydrogen-bond acceptors (Lipinski definition) is 6. The number of hydrogen-bond donors (Lipinski definition) is 0. The molecule has 0 spiro atoms. The van der Waals surface area contributed by atoms with Gasteiger partial charge in [0.2, 0.25) is 5.91 Å². The minimum Gasteiger partial charge on any atom is -0.338 e. The van der Waals surface area contributed by atoms with Gasteiger partial charge >= 0.3 is 0 Å². The average Bonchev–Trinajstić information content (AvgIpc) is 3.40. The largest absolute Gasteiger partial charge is 0.338 e. The van der Waals surface area contributed by atoms with Gasteiger partial charge in [0.25, 0.3) is 5.91 Å². The Balaban J connectivity index is 1.35. The number of rotatable bonds is 4. The summed E-state index contributed by atoms with van der Waals surface area (Å²) < 4.78 is 3.01. The van der Waals surface area contributed by atoms with E-state index in [-0.39, 0.29) is 18.4 Å². The Hall–Kier alpha value is -3.27. The molecule has 4 rings (SSSR count). The lowest BCUT2D eigenvalue weighted by Gasteiger charge is -2.34. The zero-order valence-electron chi connectivity index (χ0n) is 14.8. The minimum atomic E-state index is -0.104. The highest BCUT2D eigenvalue weighted by atomic mass is 35.5. The first-order valence-corrected chi connectivity index (χ1v) is 9.06. The Morgan fingerprint density at radius 3 is 2.43 bits per heavy atom. The SMILES string of the molecule is O=C(Cn1cnnn1)N1CCN(C(=O)c2cnn(-c3ccc(Cl)cc3)c2)CC1. The Bertz CT molecular complexity index is 961. The molecule has 0 aliphatic carbocycles. The van der Waals surface area contributed by atoms with E-state index in [1.54, 1.807) is 39.0 Å². The van der Waals surface area contributed by atoms with E-state index in [1.165, 1.54) is 11.0 Å². The van der Waals surface area contributed by atoms with E-state index in [2.05, 4.69) is 20.6 Å². The van der Waals surface area contributed by atoms with Gasteiger partial charge in [-0.1, -0.05) is 11.6 Å². The fourth-order valence-corrected chi connectivity index (χ4v) is 3.13. The summed E-state index contributed by atoms with van der Waals surface area (Å²) in [6.07, 6.45) is 4.64. The van der Waals surface area contributed by atoms with Gasteiger partial charge in [0.15, 0.2) is 0 Å². The fourth-order valence-electron chi connectivity index (χ4n) is 3.00. The number of carbonyl (C=O) groups is 2. The summed E-state index contributed by atoms with van der Waals surface area (Å²) in [5.74, 6) is -0.178. The van der Waals surface area contributed by atoms with E-state index in [1.807, 2.05) is 12.1 Å². The summed E-state index contributed by atoms with van der Waals surface area (Å²) in [6, 6.07) is 7.20. The van der Waals surface area contributed by atoms with Crippen LogP contribution >= 0.6 is 11.6 Å². The normalized spacial score (nSPS) is 14.3. The Kier molecular flexibility index (Phi) is 5.02. The third kappa shape index (κ3) is 3.86. The second-order valence-corrected chi connectivity index (χ2v) is 6.77. The van der Waals surface area contributed by atoms with E-state index < -0.39 is 0 Å². The zero-order valence-corrected chi connectivity index (χ0v) is 15.6. The molecule has 1 aromatic carbocycles. The Labute approximate surface area is 165 Å². The zero-order chi connectivity index (χ0) is 19.5. The van der Waals surface area contributed by atoms with Gasteiger partial charge in [0.05, 0.1) is 17.4 Å². The summed E-state index contributed by atoms with van der Waals surface area (Å²) in [5, 5.41) is 15.6. The third-order valence-corrected chi connectivity index (χ3v) is 4.78. The van der Waals surface area contributed by atoms with Gasteiger partial charge in [-0.15, -0.1) is 5.10 Å². The molecule has 2 amide bonds. The van der Waals surface area contributed by atoms with Crippen LogP contribution < -0.4 is 0 Å². The van der Waals surface area contributed by atoms with Crippen LogP contribution in [0.2, 0.25) is 5.02 Å². The van der Waals surface area contributed by atoms with Crippen molar-refractivity contribution in [3.8, 4) is 5.69 Å². The van der Waals surface area contributed by atoms with Crippen molar-refractivity contribution in [2.75, 3.05) is 26.2 Å². The number of benzene rings is 1. The molecule has 28 heavy (non-hydrogen) atoms. The van der Waals surface area contributed by atoms with Crippen LogP contribution in [0.15, 0.2) is 43.0 Å². The molecular weight excluding hydrogens is 384 g/mol. The summed E-state index contributed by atoms with van der Waals surface area (Å²) >= 11 is 5.90. The number of halogens is 1. The van der Waals surface area contributed by atoms with E-state index >= 15 is 0 Å². The molecule has 0 atom stereocenters. The van der Waals surface area contributed by atoms with Gasteiger partial charge in [-0.05, 0) is 34.7 Å². The molecule has 0 N–H and O–H groups in total. The molecule has 2 aromatic heterocycles. The fraction of sp³-hybridized carbons (Fsp3) is 0.294. The quantitative estimate of drug-likeness (QED) is 0.631. The molecule has 10 nitrogen and oxygen atoms in total. The first-order valence-electron chi connectivity index (χ1n) is 8.68. The molecule has 1 fully saturated rings. The van der Waals surface area contributed by atoms with Crippen molar-refractivity contribution in [3.05, 3.63) is 53.6 Å². The highest BCUT2D eigenvalue weighted by molar-refractivity contribution is 6.30. The predicted octanol–water partition coefficient (Wildman–Crippen LogP) is 0.497. The van der Waals surface area contributed by atoms with Crippen LogP contribution in [0.5, 0.6) is 0 Å². The van der Waals surface area contributed by atoms with Crippen LogP contribution in [0.4, 0.5) is 0 Å². The maximum absolute atomic E-state index is 12.7. The molecule has 3 heterocycles. The van der Waals surface area contributed by atoms with Crippen molar-refractivity contribution >= 4 is 23.4 Å². The van der Waals surface area contributed by atoms with Crippen LogP contribution in [-0.2, 0) is 11.3 Å². The molecule has 144 valence electrons. The van der Waals surface area contributed by atoms with E-state index in [0.717, 1.165) is 5.69 Å². The second-order valence-electron chi connectivity index (χ2n) is 6.33. The topological polar surface area (TPSA) is 102 Å². The van der Waals surface area contributed by atoms with Gasteiger partial charge in [-0.3, -0.25) is 9.59 Å². The number of piperazine rings is 1. The molecule has 1 aliphatic rings. The van der Waals surface area contributed by atoms with E-state index in [9.17, 15) is 9.59 Å². The summed E-state index contributed by atoms with van der Waals surface area (Å²) in [6.45, 7) is 1.96. The first-order chi connectivity index (χ1) is 13.6. The summed E-state index contributed by atoms with van der Waals surface area (Å²) in [5.41, 5.74) is 1.32. The van der Waals surface area contributed by atoms with Crippen LogP contribution in [0.25, 0.3) is 5.69 Å². The predicted molar refractivity (Wildman–Crippen MR) is 98.9 cm³/mol. The van der Waals surface area contributed by atoms with Crippen molar-refractivity contribution in [3.63, 3.8) is 0 Å². The van der Waals surface area contributed by atoms with Crippen LogP contribution in [-0.4, -0.2) is 77.8 Å². The molecule has 0 radical (unpaired) electrons. The number of aromatic nitrogens is 6. The van der Waals surface area contributed by atoms with Crippen LogP contribution in [0, 0.1) is 0 Å². The molecule has 11 heteroatoms. The molecule has 1 saturated heterocycles. The van der Waals surface area contributed by atoms with E-state index in [4.69, 9.17) is 11.6 Å². The van der Waals surface area contributed by atoms with Gasteiger partial charge < -0.3 is 9.80 Å². The molecule has 0 bridgehead atoms. The van der Waals surface area contributed by atoms with Gasteiger partial charge in [0.1, 0.15) is 12.9 Å². The summed E-state index contributed by atoms with van der Waals surface area (Å²) in [7, 11) is 0. The number of nitrogens with zero attached hydrogens (tertiary/aromatic N) is 8. The van der Waals surface area contributed by atoms with Crippen LogP contribution in [0.3, 0.4) is 0 Å². The first kappa shape index (κ1) is 18.1. The van der Waals surface area contributed by atoms with Crippen LogP contribution in [0.1, 0.15) is 10.4 Å². The summed E-state index contributed by atoms with van der Waals surface area (Å²) in [4.78, 5) is 28.5. The Morgan fingerprint density at radius 2 is 1.75 bits per heavy atom. The average molecular weight is 401 g/mol. The Morgan fingerprint density at radius 1 is 1.04 bits per heavy atom. The molecule has 3 aromatic rings. The maximum Gasteiger partial charge on any atom is 0.257 e. The maximum atomic E-state index is 12.7. The second kappa shape index (κ2) is 7.77. The third-order valence-electron chi connectivity index (χ3n) is 4.53. The highest BCUT2D eigenvalue weighted by Gasteiger charge is 2.25. The lowest BCUT2D eigenvalue weighted by molar-refractivity contribution is -0.133. The minimum absolute atomic E-state index is 0.0741. The van der Waals surface area contributed by atoms with Crippen molar-refractivity contribution in [2.45, 2.75) is 6.54 Å². The van der Waals surface area contributed by atoms with Gasteiger partial charge in [-0.2, -0.15) is 5.10 Å². The molecule has 0 unspecified atom stereocenters.